The Hall–Kier alpha value is -2.33. The predicted octanol–water partition coefficient (Wildman–Crippen LogP) is 4.20. The third-order valence-corrected chi connectivity index (χ3v) is 3.14. The topological polar surface area (TPSA) is 50.4 Å². The molecule has 0 spiro atoms. The van der Waals surface area contributed by atoms with E-state index in [-0.39, 0.29) is 11.4 Å². The molecule has 0 aliphatic rings. The molecule has 2 rings (SSSR count). The zero-order chi connectivity index (χ0) is 16.7. The third kappa shape index (κ3) is 6.12. The van der Waals surface area contributed by atoms with Crippen molar-refractivity contribution in [3.05, 3.63) is 54.6 Å². The fourth-order valence-electron chi connectivity index (χ4n) is 2.04. The lowest BCUT2D eigenvalue weighted by Crippen LogP contribution is -2.37. The van der Waals surface area contributed by atoms with Crippen LogP contribution in [0.25, 0.3) is 0 Å². The van der Waals surface area contributed by atoms with E-state index in [9.17, 15) is 4.79 Å². The van der Waals surface area contributed by atoms with Crippen molar-refractivity contribution in [3.63, 3.8) is 0 Å². The minimum absolute atomic E-state index is 0.00854. The molecule has 0 saturated carbocycles. The molecule has 0 bridgehead atoms. The smallest absolute Gasteiger partial charge is 0.225 e. The van der Waals surface area contributed by atoms with Gasteiger partial charge in [-0.2, -0.15) is 0 Å². The average molecular weight is 312 g/mol. The second-order valence-electron chi connectivity index (χ2n) is 6.39. The van der Waals surface area contributed by atoms with Gasteiger partial charge in [-0.25, -0.2) is 0 Å². The Labute approximate surface area is 137 Å². The lowest BCUT2D eigenvalue weighted by molar-refractivity contribution is -0.116. The molecule has 0 atom stereocenters. The number of ether oxygens (including phenoxy) is 1. The van der Waals surface area contributed by atoms with Gasteiger partial charge in [0.15, 0.2) is 5.75 Å². The number of anilines is 1. The molecular weight excluding hydrogens is 288 g/mol. The number of benzene rings is 2. The van der Waals surface area contributed by atoms with Crippen LogP contribution in [0.15, 0.2) is 54.6 Å². The molecule has 0 radical (unpaired) electrons. The molecule has 1 amide bonds. The second kappa shape index (κ2) is 7.79. The molecule has 0 heterocycles. The molecule has 4 nitrogen and oxygen atoms in total. The Morgan fingerprint density at radius 1 is 1.00 bits per heavy atom. The first kappa shape index (κ1) is 17.0. The van der Waals surface area contributed by atoms with Gasteiger partial charge >= 0.3 is 0 Å². The highest BCUT2D eigenvalue weighted by molar-refractivity contribution is 5.92. The van der Waals surface area contributed by atoms with Gasteiger partial charge in [-0.15, -0.1) is 0 Å². The van der Waals surface area contributed by atoms with Crippen LogP contribution in [-0.4, -0.2) is 18.0 Å². The highest BCUT2D eigenvalue weighted by atomic mass is 16.5. The largest absolute Gasteiger partial charge is 0.455 e. The van der Waals surface area contributed by atoms with E-state index in [4.69, 9.17) is 4.74 Å². The van der Waals surface area contributed by atoms with Crippen LogP contribution in [0.2, 0.25) is 0 Å². The molecule has 122 valence electrons. The summed E-state index contributed by atoms with van der Waals surface area (Å²) in [6.45, 7) is 6.87. The van der Waals surface area contributed by atoms with E-state index >= 15 is 0 Å². The number of rotatable bonds is 6. The Morgan fingerprint density at radius 2 is 1.65 bits per heavy atom. The molecule has 2 N–H and O–H groups in total. The molecule has 0 aromatic heterocycles. The standard InChI is InChI=1S/C19H24N2O2/c1-19(2,3)20-14-13-18(22)21-16-11-7-8-12-17(16)23-15-9-5-4-6-10-15/h4-12,20H,13-14H2,1-3H3,(H,21,22). The summed E-state index contributed by atoms with van der Waals surface area (Å²) in [4.78, 5) is 12.1. The number of carbonyl (C=O) groups is 1. The number of nitrogens with one attached hydrogen (secondary N) is 2. The molecule has 0 aliphatic heterocycles. The summed E-state index contributed by atoms with van der Waals surface area (Å²) in [5.41, 5.74) is 0.686. The maximum Gasteiger partial charge on any atom is 0.225 e. The first-order valence-electron chi connectivity index (χ1n) is 7.81. The van der Waals surface area contributed by atoms with Gasteiger partial charge in [0.25, 0.3) is 0 Å². The van der Waals surface area contributed by atoms with E-state index < -0.39 is 0 Å². The molecule has 0 fully saturated rings. The summed E-state index contributed by atoms with van der Waals surface area (Å²) < 4.78 is 5.84. The lowest BCUT2D eigenvalue weighted by Gasteiger charge is -2.20. The summed E-state index contributed by atoms with van der Waals surface area (Å²) in [7, 11) is 0. The molecule has 2 aromatic rings. The monoisotopic (exact) mass is 312 g/mol. The Morgan fingerprint density at radius 3 is 2.35 bits per heavy atom. The van der Waals surface area contributed by atoms with Gasteiger partial charge in [0.2, 0.25) is 5.91 Å². The van der Waals surface area contributed by atoms with Crippen molar-refractivity contribution in [1.29, 1.82) is 0 Å². The Balaban J connectivity index is 1.96. The van der Waals surface area contributed by atoms with E-state index in [0.717, 1.165) is 5.75 Å². The van der Waals surface area contributed by atoms with Gasteiger partial charge in [0, 0.05) is 18.5 Å². The molecule has 4 heteroatoms. The van der Waals surface area contributed by atoms with Crippen molar-refractivity contribution in [2.75, 3.05) is 11.9 Å². The van der Waals surface area contributed by atoms with Crippen LogP contribution in [0.4, 0.5) is 5.69 Å². The number of carbonyl (C=O) groups excluding carboxylic acids is 1. The number of hydrogen-bond acceptors (Lipinski definition) is 3. The SMILES string of the molecule is CC(C)(C)NCCC(=O)Nc1ccccc1Oc1ccccc1. The van der Waals surface area contributed by atoms with Crippen LogP contribution in [0.1, 0.15) is 27.2 Å². The highest BCUT2D eigenvalue weighted by Crippen LogP contribution is 2.29. The minimum atomic E-state index is -0.0362. The minimum Gasteiger partial charge on any atom is -0.455 e. The van der Waals surface area contributed by atoms with Crippen molar-refractivity contribution >= 4 is 11.6 Å². The third-order valence-electron chi connectivity index (χ3n) is 3.14. The van der Waals surface area contributed by atoms with Gasteiger partial charge in [0.1, 0.15) is 5.75 Å². The van der Waals surface area contributed by atoms with E-state index in [1.165, 1.54) is 0 Å². The van der Waals surface area contributed by atoms with Crippen molar-refractivity contribution in [3.8, 4) is 11.5 Å². The lowest BCUT2D eigenvalue weighted by atomic mass is 10.1. The average Bonchev–Trinajstić information content (AvgIpc) is 2.49. The van der Waals surface area contributed by atoms with Crippen LogP contribution in [0, 0.1) is 0 Å². The van der Waals surface area contributed by atoms with Gasteiger partial charge < -0.3 is 15.4 Å². The zero-order valence-corrected chi connectivity index (χ0v) is 13.9. The van der Waals surface area contributed by atoms with Crippen LogP contribution in [-0.2, 0) is 4.79 Å². The molecule has 0 saturated heterocycles. The molecule has 0 unspecified atom stereocenters. The molecule has 2 aromatic carbocycles. The molecule has 23 heavy (non-hydrogen) atoms. The first-order valence-corrected chi connectivity index (χ1v) is 7.81. The maximum absolute atomic E-state index is 12.1. The van der Waals surface area contributed by atoms with Crippen LogP contribution in [0.3, 0.4) is 0 Å². The molecule has 0 aliphatic carbocycles. The summed E-state index contributed by atoms with van der Waals surface area (Å²) in [6, 6.07) is 17.0. The van der Waals surface area contributed by atoms with E-state index in [1.54, 1.807) is 0 Å². The van der Waals surface area contributed by atoms with Crippen LogP contribution in [0.5, 0.6) is 11.5 Å². The summed E-state index contributed by atoms with van der Waals surface area (Å²) in [5, 5.41) is 6.21. The van der Waals surface area contributed by atoms with E-state index in [1.807, 2.05) is 54.6 Å². The van der Waals surface area contributed by atoms with E-state index in [2.05, 4.69) is 31.4 Å². The first-order chi connectivity index (χ1) is 10.9. The number of para-hydroxylation sites is 3. The van der Waals surface area contributed by atoms with Crippen LogP contribution < -0.4 is 15.4 Å². The quantitative estimate of drug-likeness (QED) is 0.840. The van der Waals surface area contributed by atoms with Crippen molar-refractivity contribution in [2.45, 2.75) is 32.7 Å². The Bertz CT molecular complexity index is 633. The van der Waals surface area contributed by atoms with Crippen molar-refractivity contribution < 1.29 is 9.53 Å². The van der Waals surface area contributed by atoms with E-state index in [0.29, 0.717) is 24.4 Å². The predicted molar refractivity (Wildman–Crippen MR) is 94.0 cm³/mol. The van der Waals surface area contributed by atoms with Gasteiger partial charge in [-0.05, 0) is 45.0 Å². The zero-order valence-electron chi connectivity index (χ0n) is 13.9. The molecular formula is C19H24N2O2. The van der Waals surface area contributed by atoms with Gasteiger partial charge in [-0.3, -0.25) is 4.79 Å². The number of amides is 1. The maximum atomic E-state index is 12.1. The van der Waals surface area contributed by atoms with Crippen molar-refractivity contribution in [2.24, 2.45) is 0 Å². The second-order valence-corrected chi connectivity index (χ2v) is 6.39. The summed E-state index contributed by atoms with van der Waals surface area (Å²) in [5.74, 6) is 1.34. The Kier molecular flexibility index (Phi) is 5.77. The normalized spacial score (nSPS) is 11.1. The van der Waals surface area contributed by atoms with Gasteiger partial charge in [0.05, 0.1) is 5.69 Å². The number of hydrogen-bond donors (Lipinski definition) is 2. The van der Waals surface area contributed by atoms with Crippen molar-refractivity contribution in [1.82, 2.24) is 5.32 Å². The highest BCUT2D eigenvalue weighted by Gasteiger charge is 2.11. The summed E-state index contributed by atoms with van der Waals surface area (Å²) in [6.07, 6.45) is 0.414. The summed E-state index contributed by atoms with van der Waals surface area (Å²) >= 11 is 0. The van der Waals surface area contributed by atoms with Crippen LogP contribution >= 0.6 is 0 Å². The van der Waals surface area contributed by atoms with Gasteiger partial charge in [-0.1, -0.05) is 30.3 Å². The fourth-order valence-corrected chi connectivity index (χ4v) is 2.04. The fraction of sp³-hybridized carbons (Fsp3) is 0.316.